The Labute approximate surface area is 93.0 Å². The molecule has 5 heteroatoms. The highest BCUT2D eigenvalue weighted by Crippen LogP contribution is 2.05. The van der Waals surface area contributed by atoms with Crippen molar-refractivity contribution >= 4 is 11.3 Å². The van der Waals surface area contributed by atoms with Crippen molar-refractivity contribution in [3.8, 4) is 0 Å². The minimum atomic E-state index is 0.853. The standard InChI is InChI=1S/C10H14N4S/c1-2-14-7-12-4-9(14)3-11-5-10-6-13-8-15-10/h4,6-8,11H,2-3,5H2,1H3. The van der Waals surface area contributed by atoms with Gasteiger partial charge in [0.1, 0.15) is 0 Å². The Morgan fingerprint density at radius 1 is 1.33 bits per heavy atom. The molecule has 2 heterocycles. The summed E-state index contributed by atoms with van der Waals surface area (Å²) in [6.07, 6.45) is 5.67. The van der Waals surface area contributed by atoms with Gasteiger partial charge in [0.05, 0.1) is 17.5 Å². The molecule has 0 atom stereocenters. The first-order valence-corrected chi connectivity index (χ1v) is 5.85. The molecule has 1 N–H and O–H groups in total. The summed E-state index contributed by atoms with van der Waals surface area (Å²) in [5.41, 5.74) is 3.08. The average Bonchev–Trinajstić information content (AvgIpc) is 2.88. The fraction of sp³-hybridized carbons (Fsp3) is 0.400. The Bertz CT molecular complexity index is 393. The maximum atomic E-state index is 4.12. The van der Waals surface area contributed by atoms with Gasteiger partial charge in [-0.1, -0.05) is 0 Å². The summed E-state index contributed by atoms with van der Waals surface area (Å²) in [7, 11) is 0. The van der Waals surface area contributed by atoms with Crippen LogP contribution in [0.2, 0.25) is 0 Å². The fourth-order valence-corrected chi connectivity index (χ4v) is 1.99. The minimum absolute atomic E-state index is 0.853. The number of hydrogen-bond donors (Lipinski definition) is 1. The van der Waals surface area contributed by atoms with Crippen LogP contribution in [0.5, 0.6) is 0 Å². The largest absolute Gasteiger partial charge is 0.334 e. The number of nitrogens with one attached hydrogen (secondary N) is 1. The van der Waals surface area contributed by atoms with Crippen LogP contribution in [0.15, 0.2) is 24.2 Å². The van der Waals surface area contributed by atoms with Crippen molar-refractivity contribution < 1.29 is 0 Å². The van der Waals surface area contributed by atoms with E-state index in [-0.39, 0.29) is 0 Å². The van der Waals surface area contributed by atoms with Crippen LogP contribution < -0.4 is 5.32 Å². The minimum Gasteiger partial charge on any atom is -0.334 e. The van der Waals surface area contributed by atoms with Crippen LogP contribution >= 0.6 is 11.3 Å². The van der Waals surface area contributed by atoms with Crippen molar-refractivity contribution in [2.75, 3.05) is 0 Å². The average molecular weight is 222 g/mol. The van der Waals surface area contributed by atoms with Crippen molar-refractivity contribution in [2.45, 2.75) is 26.6 Å². The van der Waals surface area contributed by atoms with E-state index >= 15 is 0 Å². The Morgan fingerprint density at radius 3 is 3.00 bits per heavy atom. The second-order valence-electron chi connectivity index (χ2n) is 3.24. The van der Waals surface area contributed by atoms with Crippen LogP contribution in [-0.2, 0) is 19.6 Å². The zero-order chi connectivity index (χ0) is 10.5. The molecular formula is C10H14N4S. The molecule has 2 rings (SSSR count). The lowest BCUT2D eigenvalue weighted by Crippen LogP contribution is -2.14. The number of hydrogen-bond acceptors (Lipinski definition) is 4. The number of thiazole rings is 1. The van der Waals surface area contributed by atoms with Gasteiger partial charge in [-0.25, -0.2) is 4.98 Å². The second-order valence-corrected chi connectivity index (χ2v) is 4.21. The summed E-state index contributed by atoms with van der Waals surface area (Å²) in [5.74, 6) is 0. The highest BCUT2D eigenvalue weighted by molar-refractivity contribution is 7.09. The third kappa shape index (κ3) is 2.64. The maximum Gasteiger partial charge on any atom is 0.0948 e. The zero-order valence-corrected chi connectivity index (χ0v) is 9.50. The molecule has 0 radical (unpaired) electrons. The Morgan fingerprint density at radius 2 is 2.27 bits per heavy atom. The monoisotopic (exact) mass is 222 g/mol. The first-order chi connectivity index (χ1) is 7.40. The smallest absolute Gasteiger partial charge is 0.0948 e. The van der Waals surface area contributed by atoms with Crippen molar-refractivity contribution in [2.24, 2.45) is 0 Å². The number of nitrogens with zero attached hydrogens (tertiary/aromatic N) is 3. The first kappa shape index (κ1) is 10.3. The van der Waals surface area contributed by atoms with Gasteiger partial charge < -0.3 is 9.88 Å². The zero-order valence-electron chi connectivity index (χ0n) is 8.68. The van der Waals surface area contributed by atoms with E-state index in [1.54, 1.807) is 11.3 Å². The second kappa shape index (κ2) is 5.04. The van der Waals surface area contributed by atoms with E-state index < -0.39 is 0 Å². The molecule has 0 aromatic carbocycles. The summed E-state index contributed by atoms with van der Waals surface area (Å²) < 4.78 is 2.14. The third-order valence-electron chi connectivity index (χ3n) is 2.23. The predicted molar refractivity (Wildman–Crippen MR) is 60.6 cm³/mol. The number of imidazole rings is 1. The number of aromatic nitrogens is 3. The van der Waals surface area contributed by atoms with Gasteiger partial charge in [0.25, 0.3) is 0 Å². The molecule has 80 valence electrons. The molecule has 0 spiro atoms. The molecule has 15 heavy (non-hydrogen) atoms. The van der Waals surface area contributed by atoms with Gasteiger partial charge in [-0.3, -0.25) is 4.98 Å². The SMILES string of the molecule is CCn1cncc1CNCc1cncs1. The van der Waals surface area contributed by atoms with E-state index in [1.165, 1.54) is 10.6 Å². The predicted octanol–water partition coefficient (Wildman–Crippen LogP) is 1.65. The lowest BCUT2D eigenvalue weighted by atomic mass is 10.4. The molecular weight excluding hydrogens is 208 g/mol. The molecule has 2 aromatic rings. The van der Waals surface area contributed by atoms with E-state index in [4.69, 9.17) is 0 Å². The van der Waals surface area contributed by atoms with Crippen LogP contribution in [0.4, 0.5) is 0 Å². The first-order valence-electron chi connectivity index (χ1n) is 4.97. The van der Waals surface area contributed by atoms with Gasteiger partial charge in [0.15, 0.2) is 0 Å². The van der Waals surface area contributed by atoms with Crippen molar-refractivity contribution in [3.05, 3.63) is 34.8 Å². The van der Waals surface area contributed by atoms with Crippen LogP contribution in [-0.4, -0.2) is 14.5 Å². The van der Waals surface area contributed by atoms with Gasteiger partial charge in [0.2, 0.25) is 0 Å². The summed E-state index contributed by atoms with van der Waals surface area (Å²) in [6, 6.07) is 0. The molecule has 4 nitrogen and oxygen atoms in total. The van der Waals surface area contributed by atoms with Crippen LogP contribution in [0.3, 0.4) is 0 Å². The Balaban J connectivity index is 1.83. The fourth-order valence-electron chi connectivity index (χ4n) is 1.42. The maximum absolute atomic E-state index is 4.12. The molecule has 0 saturated carbocycles. The van der Waals surface area contributed by atoms with Gasteiger partial charge in [-0.05, 0) is 6.92 Å². The summed E-state index contributed by atoms with van der Waals surface area (Å²) >= 11 is 1.67. The quantitative estimate of drug-likeness (QED) is 0.836. The lowest BCUT2D eigenvalue weighted by molar-refractivity contribution is 0.631. The number of aryl methyl sites for hydroxylation is 1. The third-order valence-corrected chi connectivity index (χ3v) is 3.01. The van der Waals surface area contributed by atoms with Gasteiger partial charge in [-0.15, -0.1) is 11.3 Å². The van der Waals surface area contributed by atoms with Gasteiger partial charge in [-0.2, -0.15) is 0 Å². The Kier molecular flexibility index (Phi) is 3.47. The summed E-state index contributed by atoms with van der Waals surface area (Å²) in [4.78, 5) is 9.42. The summed E-state index contributed by atoms with van der Waals surface area (Å²) in [6.45, 7) is 4.82. The van der Waals surface area contributed by atoms with Crippen LogP contribution in [0.1, 0.15) is 17.5 Å². The summed E-state index contributed by atoms with van der Waals surface area (Å²) in [5, 5.41) is 3.37. The van der Waals surface area contributed by atoms with Crippen LogP contribution in [0, 0.1) is 0 Å². The van der Waals surface area contributed by atoms with E-state index in [0.717, 1.165) is 19.6 Å². The van der Waals surface area contributed by atoms with Crippen LogP contribution in [0.25, 0.3) is 0 Å². The molecule has 0 fully saturated rings. The van der Waals surface area contributed by atoms with E-state index in [9.17, 15) is 0 Å². The van der Waals surface area contributed by atoms with E-state index in [0.29, 0.717) is 0 Å². The molecule has 0 aliphatic carbocycles. The molecule has 0 aliphatic heterocycles. The van der Waals surface area contributed by atoms with Crippen molar-refractivity contribution in [3.63, 3.8) is 0 Å². The van der Waals surface area contributed by atoms with E-state index in [1.807, 2.05) is 24.2 Å². The normalized spacial score (nSPS) is 10.7. The molecule has 0 saturated heterocycles. The molecule has 0 unspecified atom stereocenters. The lowest BCUT2D eigenvalue weighted by Gasteiger charge is -2.05. The van der Waals surface area contributed by atoms with Crippen molar-refractivity contribution in [1.82, 2.24) is 19.9 Å². The van der Waals surface area contributed by atoms with Gasteiger partial charge in [0, 0.05) is 36.9 Å². The Hall–Kier alpha value is -1.20. The molecule has 2 aromatic heterocycles. The van der Waals surface area contributed by atoms with E-state index in [2.05, 4.69) is 26.8 Å². The van der Waals surface area contributed by atoms with Gasteiger partial charge >= 0.3 is 0 Å². The van der Waals surface area contributed by atoms with Crippen molar-refractivity contribution in [1.29, 1.82) is 0 Å². The highest BCUT2D eigenvalue weighted by Gasteiger charge is 2.00. The topological polar surface area (TPSA) is 42.7 Å². The molecule has 0 bridgehead atoms. The molecule has 0 amide bonds. The molecule has 0 aliphatic rings. The highest BCUT2D eigenvalue weighted by atomic mass is 32.1. The number of rotatable bonds is 5.